The van der Waals surface area contributed by atoms with E-state index in [0.717, 1.165) is 5.56 Å². The van der Waals surface area contributed by atoms with E-state index in [1.165, 1.54) is 19.4 Å². The van der Waals surface area contributed by atoms with Crippen LogP contribution in [0.4, 0.5) is 4.39 Å². The lowest BCUT2D eigenvalue weighted by molar-refractivity contribution is -0.139. The molecule has 2 rings (SSSR count). The third-order valence-electron chi connectivity index (χ3n) is 2.68. The highest BCUT2D eigenvalue weighted by Crippen LogP contribution is 2.16. The van der Waals surface area contributed by atoms with Gasteiger partial charge in [-0.1, -0.05) is 30.3 Å². The van der Waals surface area contributed by atoms with Crippen LogP contribution in [-0.2, 0) is 22.6 Å². The average Bonchev–Trinajstić information content (AvgIpc) is 2.48. The van der Waals surface area contributed by atoms with Gasteiger partial charge in [-0.3, -0.25) is 9.78 Å². The van der Waals surface area contributed by atoms with Crippen molar-refractivity contribution in [1.29, 1.82) is 0 Å². The first-order valence-electron chi connectivity index (χ1n) is 6.07. The third kappa shape index (κ3) is 3.78. The molecule has 0 aliphatic carbocycles. The summed E-state index contributed by atoms with van der Waals surface area (Å²) in [5.74, 6) is -0.796. The molecule has 1 aromatic carbocycles. The highest BCUT2D eigenvalue weighted by molar-refractivity contribution is 5.71. The summed E-state index contributed by atoms with van der Waals surface area (Å²) in [5.41, 5.74) is 1.02. The maximum Gasteiger partial charge on any atom is 0.311 e. The van der Waals surface area contributed by atoms with Gasteiger partial charge in [-0.2, -0.15) is 0 Å². The van der Waals surface area contributed by atoms with Crippen molar-refractivity contribution in [3.63, 3.8) is 0 Å². The summed E-state index contributed by atoms with van der Waals surface area (Å²) >= 11 is 0. The number of hydrogen-bond acceptors (Lipinski definition) is 4. The van der Waals surface area contributed by atoms with E-state index in [1.54, 1.807) is 0 Å². The normalized spacial score (nSPS) is 10.1. The second kappa shape index (κ2) is 6.65. The Hall–Kier alpha value is -2.43. The molecule has 0 saturated carbocycles. The molecule has 0 amide bonds. The maximum absolute atomic E-state index is 13.7. The Kier molecular flexibility index (Phi) is 4.65. The van der Waals surface area contributed by atoms with Crippen molar-refractivity contribution in [2.75, 3.05) is 7.11 Å². The highest BCUT2D eigenvalue weighted by Gasteiger charge is 2.11. The molecule has 1 aromatic heterocycles. The van der Waals surface area contributed by atoms with Gasteiger partial charge in [-0.15, -0.1) is 0 Å². The van der Waals surface area contributed by atoms with E-state index in [2.05, 4.69) is 9.72 Å². The van der Waals surface area contributed by atoms with Gasteiger partial charge in [0, 0.05) is 6.07 Å². The number of aromatic nitrogens is 1. The summed E-state index contributed by atoms with van der Waals surface area (Å²) in [6.07, 6.45) is 1.20. The lowest BCUT2D eigenvalue weighted by Gasteiger charge is -2.07. The molecule has 0 saturated heterocycles. The van der Waals surface area contributed by atoms with Gasteiger partial charge in [0.2, 0.25) is 0 Å². The minimum absolute atomic E-state index is 0.0453. The van der Waals surface area contributed by atoms with Gasteiger partial charge in [0.1, 0.15) is 18.2 Å². The van der Waals surface area contributed by atoms with Crippen LogP contribution in [0.3, 0.4) is 0 Å². The van der Waals surface area contributed by atoms with Crippen molar-refractivity contribution in [3.05, 3.63) is 59.7 Å². The Morgan fingerprint density at radius 2 is 2.05 bits per heavy atom. The molecule has 0 N–H and O–H groups in total. The number of esters is 1. The number of hydrogen-bond donors (Lipinski definition) is 0. The molecule has 2 aromatic rings. The summed E-state index contributed by atoms with van der Waals surface area (Å²) in [6.45, 7) is 0.332. The molecule has 5 heteroatoms. The molecule has 20 heavy (non-hydrogen) atoms. The van der Waals surface area contributed by atoms with Gasteiger partial charge in [-0.25, -0.2) is 4.39 Å². The minimum Gasteiger partial charge on any atom is -0.487 e. The quantitative estimate of drug-likeness (QED) is 0.787. The van der Waals surface area contributed by atoms with E-state index in [-0.39, 0.29) is 12.1 Å². The fourth-order valence-corrected chi connectivity index (χ4v) is 1.61. The number of carbonyl (C=O) groups is 1. The number of benzene rings is 1. The number of pyridine rings is 1. The van der Waals surface area contributed by atoms with E-state index >= 15 is 0 Å². The highest BCUT2D eigenvalue weighted by atomic mass is 19.1. The van der Waals surface area contributed by atoms with Crippen molar-refractivity contribution in [3.8, 4) is 5.75 Å². The number of methoxy groups -OCH3 is 1. The van der Waals surface area contributed by atoms with E-state index in [9.17, 15) is 9.18 Å². The van der Waals surface area contributed by atoms with Crippen molar-refractivity contribution in [2.24, 2.45) is 0 Å². The number of rotatable bonds is 5. The van der Waals surface area contributed by atoms with E-state index < -0.39 is 11.8 Å². The molecule has 0 aliphatic heterocycles. The van der Waals surface area contributed by atoms with E-state index in [1.807, 2.05) is 30.3 Å². The molecule has 0 atom stereocenters. The van der Waals surface area contributed by atoms with Crippen LogP contribution in [-0.4, -0.2) is 18.1 Å². The molecule has 0 bridgehead atoms. The van der Waals surface area contributed by atoms with E-state index in [0.29, 0.717) is 12.4 Å². The largest absolute Gasteiger partial charge is 0.487 e. The number of nitrogens with zero attached hydrogens (tertiary/aromatic N) is 1. The number of halogens is 1. The van der Waals surface area contributed by atoms with Crippen LogP contribution in [0, 0.1) is 5.82 Å². The number of carbonyl (C=O) groups excluding carboxylic acids is 1. The SMILES string of the molecule is COC(=O)Cc1ncc(OCc2ccccc2)cc1F. The van der Waals surface area contributed by atoms with Crippen LogP contribution in [0.25, 0.3) is 0 Å². The Bertz CT molecular complexity index is 587. The summed E-state index contributed by atoms with van der Waals surface area (Å²) in [4.78, 5) is 14.9. The van der Waals surface area contributed by atoms with Gasteiger partial charge in [0.15, 0.2) is 0 Å². The zero-order valence-corrected chi connectivity index (χ0v) is 11.0. The summed E-state index contributed by atoms with van der Waals surface area (Å²) in [6, 6.07) is 10.7. The first kappa shape index (κ1) is 14.0. The van der Waals surface area contributed by atoms with Crippen LogP contribution in [0.1, 0.15) is 11.3 Å². The Morgan fingerprint density at radius 1 is 1.30 bits per heavy atom. The van der Waals surface area contributed by atoms with Crippen molar-refractivity contribution >= 4 is 5.97 Å². The predicted molar refractivity (Wildman–Crippen MR) is 70.7 cm³/mol. The van der Waals surface area contributed by atoms with Crippen LogP contribution in [0.5, 0.6) is 5.75 Å². The molecule has 0 radical (unpaired) electrons. The zero-order valence-electron chi connectivity index (χ0n) is 11.0. The summed E-state index contributed by atoms with van der Waals surface area (Å²) in [5, 5.41) is 0. The molecular weight excluding hydrogens is 261 g/mol. The molecule has 4 nitrogen and oxygen atoms in total. The molecule has 104 valence electrons. The Balaban J connectivity index is 2.00. The van der Waals surface area contributed by atoms with Crippen molar-refractivity contribution < 1.29 is 18.7 Å². The first-order valence-corrected chi connectivity index (χ1v) is 6.07. The van der Waals surface area contributed by atoms with Gasteiger partial charge in [0.25, 0.3) is 0 Å². The van der Waals surface area contributed by atoms with Crippen LogP contribution in [0.2, 0.25) is 0 Å². The summed E-state index contributed by atoms with van der Waals surface area (Å²) in [7, 11) is 1.25. The van der Waals surface area contributed by atoms with Gasteiger partial charge < -0.3 is 9.47 Å². The topological polar surface area (TPSA) is 48.4 Å². The van der Waals surface area contributed by atoms with E-state index in [4.69, 9.17) is 4.74 Å². The van der Waals surface area contributed by atoms with Gasteiger partial charge >= 0.3 is 5.97 Å². The third-order valence-corrected chi connectivity index (χ3v) is 2.68. The Morgan fingerprint density at radius 3 is 2.70 bits per heavy atom. The van der Waals surface area contributed by atoms with Crippen LogP contribution in [0.15, 0.2) is 42.6 Å². The van der Waals surface area contributed by atoms with Crippen molar-refractivity contribution in [2.45, 2.75) is 13.0 Å². The smallest absolute Gasteiger partial charge is 0.311 e. The van der Waals surface area contributed by atoms with Crippen LogP contribution >= 0.6 is 0 Å². The molecule has 0 spiro atoms. The Labute approximate surface area is 116 Å². The van der Waals surface area contributed by atoms with Crippen LogP contribution < -0.4 is 4.74 Å². The fourth-order valence-electron chi connectivity index (χ4n) is 1.61. The van der Waals surface area contributed by atoms with Gasteiger partial charge in [-0.05, 0) is 5.56 Å². The molecule has 0 unspecified atom stereocenters. The number of ether oxygens (including phenoxy) is 2. The second-order valence-electron chi connectivity index (χ2n) is 4.13. The molecule has 0 fully saturated rings. The molecule has 0 aliphatic rings. The molecular formula is C15H14FNO3. The monoisotopic (exact) mass is 275 g/mol. The lowest BCUT2D eigenvalue weighted by Crippen LogP contribution is -2.08. The summed E-state index contributed by atoms with van der Waals surface area (Å²) < 4.78 is 23.6. The molecule has 1 heterocycles. The zero-order chi connectivity index (χ0) is 14.4. The predicted octanol–water partition coefficient (Wildman–Crippen LogP) is 2.52. The standard InChI is InChI=1S/C15H14FNO3/c1-19-15(18)8-14-13(16)7-12(9-17-14)20-10-11-5-3-2-4-6-11/h2-7,9H,8,10H2,1H3. The van der Waals surface area contributed by atoms with Gasteiger partial charge in [0.05, 0.1) is 25.4 Å². The average molecular weight is 275 g/mol. The fraction of sp³-hybridized carbons (Fsp3) is 0.200. The second-order valence-corrected chi connectivity index (χ2v) is 4.13. The van der Waals surface area contributed by atoms with Crippen molar-refractivity contribution in [1.82, 2.24) is 4.98 Å². The minimum atomic E-state index is -0.582. The maximum atomic E-state index is 13.7. The first-order chi connectivity index (χ1) is 9.69. The lowest BCUT2D eigenvalue weighted by atomic mass is 10.2.